The van der Waals surface area contributed by atoms with Crippen molar-refractivity contribution in [3.63, 3.8) is 0 Å². The number of rotatable bonds is 2. The molecule has 2 aliphatic heterocycles. The Morgan fingerprint density at radius 1 is 1.35 bits per heavy atom. The molecule has 2 aliphatic rings. The summed E-state index contributed by atoms with van der Waals surface area (Å²) in [5.41, 5.74) is 0. The molecule has 0 aliphatic carbocycles. The Morgan fingerprint density at radius 2 is 2.24 bits per heavy atom. The average Bonchev–Trinajstić information content (AvgIpc) is 2.92. The quantitative estimate of drug-likeness (QED) is 0.837. The molecule has 0 radical (unpaired) electrons. The van der Waals surface area contributed by atoms with Crippen molar-refractivity contribution in [2.24, 2.45) is 0 Å². The van der Waals surface area contributed by atoms with Crippen LogP contribution in [0.2, 0.25) is 0 Å². The summed E-state index contributed by atoms with van der Waals surface area (Å²) < 4.78 is 6.44. The normalized spacial score (nSPS) is 30.7. The summed E-state index contributed by atoms with van der Waals surface area (Å²) in [4.78, 5) is 5.21. The summed E-state index contributed by atoms with van der Waals surface area (Å²) in [7, 11) is 0. The van der Waals surface area contributed by atoms with E-state index in [9.17, 15) is 0 Å². The minimum Gasteiger partial charge on any atom is -0.453 e. The zero-order valence-corrected chi connectivity index (χ0v) is 11.8. The van der Waals surface area contributed by atoms with E-state index in [4.69, 9.17) is 4.42 Å². The predicted octanol–water partition coefficient (Wildman–Crippen LogP) is 2.71. The SMILES string of the molecule is C[C@@H]1[C@@H]2CCCN2CCN1Cc1ccc(Br)o1. The van der Waals surface area contributed by atoms with Crippen molar-refractivity contribution in [3.8, 4) is 0 Å². The minimum atomic E-state index is 0.648. The predicted molar refractivity (Wildman–Crippen MR) is 70.9 cm³/mol. The average molecular weight is 299 g/mol. The van der Waals surface area contributed by atoms with Gasteiger partial charge in [0.25, 0.3) is 0 Å². The maximum atomic E-state index is 5.61. The molecule has 0 unspecified atom stereocenters. The third-order valence-corrected chi connectivity index (χ3v) is 4.64. The number of fused-ring (bicyclic) bond motifs is 1. The molecule has 3 rings (SSSR count). The van der Waals surface area contributed by atoms with Crippen LogP contribution < -0.4 is 0 Å². The van der Waals surface area contributed by atoms with Crippen LogP contribution in [0, 0.1) is 0 Å². The number of halogens is 1. The number of piperazine rings is 1. The van der Waals surface area contributed by atoms with Gasteiger partial charge in [-0.3, -0.25) is 9.80 Å². The smallest absolute Gasteiger partial charge is 0.169 e. The molecule has 4 heteroatoms. The molecule has 0 amide bonds. The van der Waals surface area contributed by atoms with E-state index in [1.807, 2.05) is 6.07 Å². The fourth-order valence-corrected chi connectivity index (χ4v) is 3.58. The summed E-state index contributed by atoms with van der Waals surface area (Å²) in [5, 5.41) is 0. The summed E-state index contributed by atoms with van der Waals surface area (Å²) in [5.74, 6) is 1.06. The lowest BCUT2D eigenvalue weighted by atomic mass is 10.0. The van der Waals surface area contributed by atoms with E-state index in [1.165, 1.54) is 25.9 Å². The zero-order chi connectivity index (χ0) is 11.8. The summed E-state index contributed by atoms with van der Waals surface area (Å²) in [6.07, 6.45) is 2.73. The second-order valence-electron chi connectivity index (χ2n) is 5.16. The standard InChI is InChI=1S/C13H19BrN2O/c1-10-12-3-2-6-15(12)7-8-16(10)9-11-4-5-13(14)17-11/h4-5,10,12H,2-3,6-9H2,1H3/t10-,12+/m1/s1. The molecule has 1 aromatic rings. The molecule has 3 nitrogen and oxygen atoms in total. The number of nitrogens with zero attached hydrogens (tertiary/aromatic N) is 2. The van der Waals surface area contributed by atoms with Gasteiger partial charge in [-0.1, -0.05) is 0 Å². The van der Waals surface area contributed by atoms with Gasteiger partial charge in [0, 0.05) is 25.2 Å². The van der Waals surface area contributed by atoms with Gasteiger partial charge in [-0.15, -0.1) is 0 Å². The van der Waals surface area contributed by atoms with E-state index in [0.717, 1.165) is 29.6 Å². The monoisotopic (exact) mass is 298 g/mol. The van der Waals surface area contributed by atoms with E-state index < -0.39 is 0 Å². The highest BCUT2D eigenvalue weighted by Gasteiger charge is 2.36. The van der Waals surface area contributed by atoms with Crippen LogP contribution >= 0.6 is 15.9 Å². The van der Waals surface area contributed by atoms with Crippen LogP contribution in [0.5, 0.6) is 0 Å². The molecule has 2 atom stereocenters. The zero-order valence-electron chi connectivity index (χ0n) is 10.2. The Bertz CT molecular complexity index is 393. The van der Waals surface area contributed by atoms with Crippen molar-refractivity contribution in [2.75, 3.05) is 19.6 Å². The Hall–Kier alpha value is -0.320. The highest BCUT2D eigenvalue weighted by atomic mass is 79.9. The Labute approximate surface area is 111 Å². The molecule has 94 valence electrons. The molecule has 0 bridgehead atoms. The van der Waals surface area contributed by atoms with Crippen LogP contribution in [0.4, 0.5) is 0 Å². The molecule has 2 fully saturated rings. The first-order chi connectivity index (χ1) is 8.24. The Kier molecular flexibility index (Phi) is 3.28. The van der Waals surface area contributed by atoms with Gasteiger partial charge in [-0.25, -0.2) is 0 Å². The van der Waals surface area contributed by atoms with Gasteiger partial charge in [-0.2, -0.15) is 0 Å². The van der Waals surface area contributed by atoms with Crippen molar-refractivity contribution < 1.29 is 4.42 Å². The first kappa shape index (κ1) is 11.8. The molecule has 1 aromatic heterocycles. The van der Waals surface area contributed by atoms with E-state index >= 15 is 0 Å². The fourth-order valence-electron chi connectivity index (χ4n) is 3.24. The molecule has 2 saturated heterocycles. The molecule has 0 spiro atoms. The summed E-state index contributed by atoms with van der Waals surface area (Å²) in [6, 6.07) is 5.46. The van der Waals surface area contributed by atoms with Crippen LogP contribution in [-0.2, 0) is 6.54 Å². The number of hydrogen-bond donors (Lipinski definition) is 0. The van der Waals surface area contributed by atoms with Crippen molar-refractivity contribution in [2.45, 2.75) is 38.4 Å². The van der Waals surface area contributed by atoms with Crippen molar-refractivity contribution in [1.82, 2.24) is 9.80 Å². The van der Waals surface area contributed by atoms with E-state index in [0.29, 0.717) is 6.04 Å². The highest BCUT2D eigenvalue weighted by molar-refractivity contribution is 9.10. The highest BCUT2D eigenvalue weighted by Crippen LogP contribution is 2.28. The van der Waals surface area contributed by atoms with Crippen molar-refractivity contribution in [3.05, 3.63) is 22.6 Å². The van der Waals surface area contributed by atoms with Gasteiger partial charge in [-0.05, 0) is 54.4 Å². The number of hydrogen-bond acceptors (Lipinski definition) is 3. The fraction of sp³-hybridized carbons (Fsp3) is 0.692. The lowest BCUT2D eigenvalue weighted by Gasteiger charge is -2.42. The second-order valence-corrected chi connectivity index (χ2v) is 5.94. The number of furan rings is 1. The van der Waals surface area contributed by atoms with Gasteiger partial charge in [0.05, 0.1) is 6.54 Å². The maximum Gasteiger partial charge on any atom is 0.169 e. The van der Waals surface area contributed by atoms with Gasteiger partial charge in [0.1, 0.15) is 5.76 Å². The lowest BCUT2D eigenvalue weighted by Crippen LogP contribution is -2.55. The van der Waals surface area contributed by atoms with Crippen LogP contribution in [0.15, 0.2) is 21.2 Å². The molecular formula is C13H19BrN2O. The Balaban J connectivity index is 1.67. The van der Waals surface area contributed by atoms with Crippen molar-refractivity contribution >= 4 is 15.9 Å². The first-order valence-corrected chi connectivity index (χ1v) is 7.25. The molecule has 17 heavy (non-hydrogen) atoms. The summed E-state index contributed by atoms with van der Waals surface area (Å²) in [6.45, 7) is 6.99. The molecule has 0 N–H and O–H groups in total. The largest absolute Gasteiger partial charge is 0.453 e. The van der Waals surface area contributed by atoms with E-state index in [2.05, 4.69) is 38.7 Å². The minimum absolute atomic E-state index is 0.648. The lowest BCUT2D eigenvalue weighted by molar-refractivity contribution is 0.0424. The third-order valence-electron chi connectivity index (χ3n) is 4.21. The van der Waals surface area contributed by atoms with Crippen molar-refractivity contribution in [1.29, 1.82) is 0 Å². The summed E-state index contributed by atoms with van der Waals surface area (Å²) >= 11 is 3.36. The molecule has 0 saturated carbocycles. The maximum absolute atomic E-state index is 5.61. The van der Waals surface area contributed by atoms with Gasteiger partial charge < -0.3 is 4.42 Å². The third kappa shape index (κ3) is 2.30. The topological polar surface area (TPSA) is 19.6 Å². The van der Waals surface area contributed by atoms with Crippen LogP contribution in [0.25, 0.3) is 0 Å². The van der Waals surface area contributed by atoms with Gasteiger partial charge >= 0.3 is 0 Å². The second kappa shape index (κ2) is 4.75. The molecule has 3 heterocycles. The van der Waals surface area contributed by atoms with E-state index in [-0.39, 0.29) is 0 Å². The van der Waals surface area contributed by atoms with Gasteiger partial charge in [0.2, 0.25) is 0 Å². The van der Waals surface area contributed by atoms with Crippen LogP contribution in [-0.4, -0.2) is 41.5 Å². The first-order valence-electron chi connectivity index (χ1n) is 6.46. The molecule has 0 aromatic carbocycles. The Morgan fingerprint density at radius 3 is 3.00 bits per heavy atom. The van der Waals surface area contributed by atoms with Crippen LogP contribution in [0.3, 0.4) is 0 Å². The van der Waals surface area contributed by atoms with E-state index in [1.54, 1.807) is 0 Å². The van der Waals surface area contributed by atoms with Gasteiger partial charge in [0.15, 0.2) is 4.67 Å². The molecular weight excluding hydrogens is 280 g/mol. The van der Waals surface area contributed by atoms with Crippen LogP contribution in [0.1, 0.15) is 25.5 Å².